The van der Waals surface area contributed by atoms with Gasteiger partial charge in [0, 0.05) is 12.4 Å². The summed E-state index contributed by atoms with van der Waals surface area (Å²) in [5, 5.41) is 26.2. The first-order valence-corrected chi connectivity index (χ1v) is 5.73. The molecular weight excluding hydrogens is 302 g/mol. The molecule has 0 aliphatic carbocycles. The first kappa shape index (κ1) is 17.2. The lowest BCUT2D eigenvalue weighted by molar-refractivity contribution is -0.318. The second-order valence-electron chi connectivity index (χ2n) is 4.14. The van der Waals surface area contributed by atoms with Crippen LogP contribution in [-0.2, 0) is 24.0 Å². The molecule has 10 heteroatoms. The molecule has 0 aliphatic rings. The average Bonchev–Trinajstić information content (AvgIpc) is 2.46. The van der Waals surface area contributed by atoms with Crippen LogP contribution in [0.2, 0.25) is 0 Å². The summed E-state index contributed by atoms with van der Waals surface area (Å²) >= 11 is 0. The van der Waals surface area contributed by atoms with Crippen molar-refractivity contribution in [2.45, 2.75) is 18.4 Å². The molecule has 0 amide bonds. The van der Waals surface area contributed by atoms with Gasteiger partial charge in [0.25, 0.3) is 0 Å². The lowest BCUT2D eigenvalue weighted by Crippen LogP contribution is -2.45. The Morgan fingerprint density at radius 2 is 1.86 bits per heavy atom. The minimum atomic E-state index is -2.75. The molecule has 0 aromatic carbocycles. The van der Waals surface area contributed by atoms with Gasteiger partial charge in [-0.2, -0.15) is 0 Å². The van der Waals surface area contributed by atoms with Crippen molar-refractivity contribution in [3.63, 3.8) is 0 Å². The fourth-order valence-corrected chi connectivity index (χ4v) is 1.48. The highest BCUT2D eigenvalue weighted by molar-refractivity contribution is 5.98. The lowest BCUT2D eigenvalue weighted by atomic mass is 9.96. The van der Waals surface area contributed by atoms with Crippen LogP contribution in [0.5, 0.6) is 0 Å². The number of pyridine rings is 1. The van der Waals surface area contributed by atoms with Crippen LogP contribution in [0.1, 0.15) is 23.2 Å². The van der Waals surface area contributed by atoms with E-state index in [1.54, 1.807) is 0 Å². The molecule has 1 atom stereocenters. The number of carboxylic acid groups (broad SMARTS) is 2. The summed E-state index contributed by atoms with van der Waals surface area (Å²) in [6.45, 7) is 0. The van der Waals surface area contributed by atoms with Crippen LogP contribution in [0.3, 0.4) is 0 Å². The van der Waals surface area contributed by atoms with Gasteiger partial charge in [-0.15, -0.1) is 0 Å². The Morgan fingerprint density at radius 3 is 2.32 bits per heavy atom. The summed E-state index contributed by atoms with van der Waals surface area (Å²) in [5.41, 5.74) is -2.82. The van der Waals surface area contributed by atoms with E-state index in [1.165, 1.54) is 18.3 Å². The molecule has 22 heavy (non-hydrogen) atoms. The molecule has 1 rings (SSSR count). The summed E-state index contributed by atoms with van der Waals surface area (Å²) in [7, 11) is 0. The van der Waals surface area contributed by atoms with E-state index in [0.717, 1.165) is 6.20 Å². The third-order valence-corrected chi connectivity index (χ3v) is 2.53. The summed E-state index contributed by atoms with van der Waals surface area (Å²) in [4.78, 5) is 52.1. The quantitative estimate of drug-likeness (QED) is 0.269. The van der Waals surface area contributed by atoms with Gasteiger partial charge in [-0.05, 0) is 12.1 Å². The van der Waals surface area contributed by atoms with Gasteiger partial charge in [0.1, 0.15) is 0 Å². The number of carbonyl (C=O) groups is 4. The van der Waals surface area contributed by atoms with Crippen LogP contribution in [0.25, 0.3) is 0 Å². The average molecular weight is 313 g/mol. The number of aliphatic carboxylic acids is 2. The number of aromatic nitrogens is 1. The Hall–Kier alpha value is -2.85. The molecule has 0 saturated carbocycles. The Balaban J connectivity index is 2.81. The van der Waals surface area contributed by atoms with Gasteiger partial charge in [-0.25, -0.2) is 14.5 Å². The van der Waals surface area contributed by atoms with E-state index in [2.05, 4.69) is 14.6 Å². The lowest BCUT2D eigenvalue weighted by Gasteiger charge is -2.22. The minimum Gasteiger partial charge on any atom is -0.481 e. The van der Waals surface area contributed by atoms with E-state index in [9.17, 15) is 19.2 Å². The van der Waals surface area contributed by atoms with Crippen LogP contribution in [0, 0.1) is 0 Å². The first-order chi connectivity index (χ1) is 10.3. The second kappa shape index (κ2) is 7.24. The van der Waals surface area contributed by atoms with Crippen LogP contribution in [0.15, 0.2) is 24.5 Å². The summed E-state index contributed by atoms with van der Waals surface area (Å²) < 4.78 is 4.36. The summed E-state index contributed by atoms with van der Waals surface area (Å²) in [6.07, 6.45) is 0.0898. The van der Waals surface area contributed by atoms with Crippen LogP contribution < -0.4 is 0 Å². The minimum absolute atomic E-state index is 0.0695. The van der Waals surface area contributed by atoms with Crippen molar-refractivity contribution in [2.75, 3.05) is 0 Å². The van der Waals surface area contributed by atoms with Crippen LogP contribution in [-0.4, -0.2) is 49.9 Å². The second-order valence-corrected chi connectivity index (χ2v) is 4.14. The van der Waals surface area contributed by atoms with Crippen molar-refractivity contribution in [2.24, 2.45) is 0 Å². The fourth-order valence-electron chi connectivity index (χ4n) is 1.48. The number of hydrogen-bond acceptors (Lipinski definition) is 8. The van der Waals surface area contributed by atoms with E-state index < -0.39 is 42.3 Å². The van der Waals surface area contributed by atoms with Gasteiger partial charge >= 0.3 is 23.9 Å². The zero-order valence-corrected chi connectivity index (χ0v) is 11.0. The maximum Gasteiger partial charge on any atom is 0.347 e. The standard InChI is InChI=1S/C12H11NO9/c14-8(15)4-12(22-20,11(18)19)5-9(16)21-10(17)7-2-1-3-13-6-7/h1-3,6,20H,4-5H2,(H,14,15)(H,18,19). The molecule has 1 heterocycles. The molecule has 0 radical (unpaired) electrons. The molecule has 0 aliphatic heterocycles. The zero-order chi connectivity index (χ0) is 16.8. The molecule has 1 aromatic heterocycles. The van der Waals surface area contributed by atoms with E-state index in [4.69, 9.17) is 15.5 Å². The number of esters is 2. The number of rotatable bonds is 7. The van der Waals surface area contributed by atoms with Crippen molar-refractivity contribution in [1.82, 2.24) is 4.98 Å². The predicted molar refractivity (Wildman–Crippen MR) is 65.6 cm³/mol. The van der Waals surface area contributed by atoms with E-state index in [1.807, 2.05) is 0 Å². The Kier molecular flexibility index (Phi) is 5.66. The highest BCUT2D eigenvalue weighted by atomic mass is 17.1. The summed E-state index contributed by atoms with van der Waals surface area (Å²) in [6, 6.07) is 2.71. The van der Waals surface area contributed by atoms with Gasteiger partial charge in [-0.1, -0.05) is 0 Å². The Bertz CT molecular complexity index is 586. The van der Waals surface area contributed by atoms with Gasteiger partial charge in [0.15, 0.2) is 0 Å². The molecule has 118 valence electrons. The molecule has 0 fully saturated rings. The molecular formula is C12H11NO9. The van der Waals surface area contributed by atoms with Crippen molar-refractivity contribution < 1.29 is 44.3 Å². The van der Waals surface area contributed by atoms with Gasteiger partial charge in [0.05, 0.1) is 18.4 Å². The van der Waals surface area contributed by atoms with E-state index >= 15 is 0 Å². The number of hydrogen-bond donors (Lipinski definition) is 3. The Morgan fingerprint density at radius 1 is 1.18 bits per heavy atom. The first-order valence-electron chi connectivity index (χ1n) is 5.73. The normalized spacial score (nSPS) is 13.0. The monoisotopic (exact) mass is 313 g/mol. The number of carboxylic acids is 2. The van der Waals surface area contributed by atoms with Crippen molar-refractivity contribution >= 4 is 23.9 Å². The largest absolute Gasteiger partial charge is 0.481 e. The predicted octanol–water partition coefficient (Wildman–Crippen LogP) is -0.0572. The van der Waals surface area contributed by atoms with E-state index in [0.29, 0.717) is 0 Å². The molecule has 1 unspecified atom stereocenters. The number of nitrogens with zero attached hydrogens (tertiary/aromatic N) is 1. The van der Waals surface area contributed by atoms with E-state index in [-0.39, 0.29) is 5.56 Å². The highest BCUT2D eigenvalue weighted by Crippen LogP contribution is 2.21. The fraction of sp³-hybridized carbons (Fsp3) is 0.250. The highest BCUT2D eigenvalue weighted by Gasteiger charge is 2.46. The molecule has 3 N–H and O–H groups in total. The van der Waals surface area contributed by atoms with Crippen molar-refractivity contribution in [3.8, 4) is 0 Å². The smallest absolute Gasteiger partial charge is 0.347 e. The number of ether oxygens (including phenoxy) is 1. The van der Waals surface area contributed by atoms with Crippen LogP contribution in [0.4, 0.5) is 0 Å². The third kappa shape index (κ3) is 4.33. The molecule has 1 aromatic rings. The van der Waals surface area contributed by atoms with Crippen LogP contribution >= 0.6 is 0 Å². The molecule has 0 spiro atoms. The maximum absolute atomic E-state index is 11.6. The molecule has 0 bridgehead atoms. The molecule has 0 saturated heterocycles. The van der Waals surface area contributed by atoms with Crippen molar-refractivity contribution in [1.29, 1.82) is 0 Å². The topological polar surface area (TPSA) is 160 Å². The summed E-state index contributed by atoms with van der Waals surface area (Å²) in [5.74, 6) is -6.02. The van der Waals surface area contributed by atoms with Gasteiger partial charge < -0.3 is 14.9 Å². The SMILES string of the molecule is O=C(O)CC(CC(=O)OC(=O)c1cccnc1)(OO)C(=O)O. The molecule has 10 nitrogen and oxygen atoms in total. The number of carbonyl (C=O) groups excluding carboxylic acids is 2. The Labute approximate surface area is 122 Å². The van der Waals surface area contributed by atoms with Crippen molar-refractivity contribution in [3.05, 3.63) is 30.1 Å². The maximum atomic E-state index is 11.6. The third-order valence-electron chi connectivity index (χ3n) is 2.53. The van der Waals surface area contributed by atoms with Gasteiger partial charge in [-0.3, -0.25) is 19.8 Å². The van der Waals surface area contributed by atoms with Gasteiger partial charge in [0.2, 0.25) is 5.60 Å². The zero-order valence-electron chi connectivity index (χ0n) is 11.0.